The predicted molar refractivity (Wildman–Crippen MR) is 104 cm³/mol. The molecule has 6 nitrogen and oxygen atoms in total. The molecular weight excluding hydrogens is 338 g/mol. The molecule has 1 saturated heterocycles. The molecule has 0 spiro atoms. The summed E-state index contributed by atoms with van der Waals surface area (Å²) in [6.45, 7) is 9.11. The van der Waals surface area contributed by atoms with Gasteiger partial charge in [0.2, 0.25) is 0 Å². The Balaban J connectivity index is 1.28. The van der Waals surface area contributed by atoms with Crippen LogP contribution < -0.4 is 4.90 Å². The van der Waals surface area contributed by atoms with E-state index in [0.717, 1.165) is 55.8 Å². The lowest BCUT2D eigenvalue weighted by Crippen LogP contribution is -2.46. The average Bonchev–Trinajstić information content (AvgIpc) is 3.43. The van der Waals surface area contributed by atoms with E-state index in [1.54, 1.807) is 0 Å². The van der Waals surface area contributed by atoms with E-state index in [-0.39, 0.29) is 0 Å². The molecule has 2 aromatic rings. The van der Waals surface area contributed by atoms with Crippen LogP contribution in [-0.2, 0) is 6.54 Å². The first-order chi connectivity index (χ1) is 13.2. The highest BCUT2D eigenvalue weighted by atomic mass is 16.5. The zero-order valence-electron chi connectivity index (χ0n) is 16.4. The van der Waals surface area contributed by atoms with Gasteiger partial charge in [0.1, 0.15) is 17.4 Å². The van der Waals surface area contributed by atoms with Crippen molar-refractivity contribution >= 4 is 5.82 Å². The fourth-order valence-electron chi connectivity index (χ4n) is 4.16. The van der Waals surface area contributed by atoms with E-state index in [4.69, 9.17) is 14.5 Å². The molecule has 1 aliphatic heterocycles. The summed E-state index contributed by atoms with van der Waals surface area (Å²) in [7, 11) is 0. The van der Waals surface area contributed by atoms with Crippen molar-refractivity contribution in [3.63, 3.8) is 0 Å². The minimum absolute atomic E-state index is 0.615. The van der Waals surface area contributed by atoms with Crippen LogP contribution in [0.3, 0.4) is 0 Å². The Morgan fingerprint density at radius 2 is 1.78 bits per heavy atom. The molecule has 2 saturated carbocycles. The second-order valence-electron chi connectivity index (χ2n) is 8.48. The molecule has 0 bridgehead atoms. The average molecular weight is 367 g/mol. The number of aryl methyl sites for hydroxylation is 2. The normalized spacial score (nSPS) is 21.5. The van der Waals surface area contributed by atoms with Crippen LogP contribution in [0.25, 0.3) is 0 Å². The largest absolute Gasteiger partial charge is 0.361 e. The zero-order chi connectivity index (χ0) is 18.4. The standard InChI is InChI=1S/C21H29N5O/c1-14-18(15(2)27-24-14)13-25-8-10-26(11-9-25)20-12-19(16-4-3-5-16)22-21(23-20)17-6-7-17/h12,16-17H,3-11,13H2,1-2H3. The minimum Gasteiger partial charge on any atom is -0.361 e. The molecule has 3 aliphatic rings. The molecule has 3 fully saturated rings. The molecule has 0 N–H and O–H groups in total. The van der Waals surface area contributed by atoms with E-state index in [9.17, 15) is 0 Å². The lowest BCUT2D eigenvalue weighted by molar-refractivity contribution is 0.247. The number of nitrogens with zero attached hydrogens (tertiary/aromatic N) is 5. The summed E-state index contributed by atoms with van der Waals surface area (Å²) in [5.74, 6) is 4.50. The van der Waals surface area contributed by atoms with Gasteiger partial charge in [-0.2, -0.15) is 0 Å². The maximum atomic E-state index is 5.32. The number of anilines is 1. The van der Waals surface area contributed by atoms with Gasteiger partial charge in [-0.1, -0.05) is 11.6 Å². The number of hydrogen-bond acceptors (Lipinski definition) is 6. The fourth-order valence-corrected chi connectivity index (χ4v) is 4.16. The van der Waals surface area contributed by atoms with Crippen molar-refractivity contribution in [2.75, 3.05) is 31.1 Å². The summed E-state index contributed by atoms with van der Waals surface area (Å²) in [6, 6.07) is 2.28. The first kappa shape index (κ1) is 17.2. The topological polar surface area (TPSA) is 58.3 Å². The third kappa shape index (κ3) is 3.47. The Morgan fingerprint density at radius 3 is 2.37 bits per heavy atom. The number of hydrogen-bond donors (Lipinski definition) is 0. The van der Waals surface area contributed by atoms with E-state index in [2.05, 4.69) is 21.0 Å². The summed E-state index contributed by atoms with van der Waals surface area (Å²) in [6.07, 6.45) is 6.47. The second-order valence-corrected chi connectivity index (χ2v) is 8.48. The molecule has 0 atom stereocenters. The monoisotopic (exact) mass is 367 g/mol. The molecule has 0 unspecified atom stereocenters. The van der Waals surface area contributed by atoms with Gasteiger partial charge in [0.15, 0.2) is 0 Å². The van der Waals surface area contributed by atoms with Gasteiger partial charge in [-0.15, -0.1) is 0 Å². The first-order valence-corrected chi connectivity index (χ1v) is 10.5. The molecule has 6 heteroatoms. The summed E-state index contributed by atoms with van der Waals surface area (Å²) < 4.78 is 5.32. The molecule has 0 radical (unpaired) electrons. The lowest BCUT2D eigenvalue weighted by atomic mass is 9.83. The van der Waals surface area contributed by atoms with Gasteiger partial charge >= 0.3 is 0 Å². The second kappa shape index (κ2) is 6.89. The molecule has 3 heterocycles. The molecule has 144 valence electrons. The van der Waals surface area contributed by atoms with Crippen LogP contribution >= 0.6 is 0 Å². The van der Waals surface area contributed by atoms with Gasteiger partial charge in [0.25, 0.3) is 0 Å². The fraction of sp³-hybridized carbons (Fsp3) is 0.667. The van der Waals surface area contributed by atoms with Gasteiger partial charge in [0.05, 0.1) is 5.69 Å². The van der Waals surface area contributed by atoms with E-state index < -0.39 is 0 Å². The summed E-state index contributed by atoms with van der Waals surface area (Å²) >= 11 is 0. The Hall–Kier alpha value is -1.95. The van der Waals surface area contributed by atoms with Crippen LogP contribution in [0.5, 0.6) is 0 Å². The van der Waals surface area contributed by atoms with Crippen LogP contribution in [0.1, 0.15) is 72.5 Å². The van der Waals surface area contributed by atoms with E-state index in [0.29, 0.717) is 11.8 Å². The zero-order valence-corrected chi connectivity index (χ0v) is 16.4. The van der Waals surface area contributed by atoms with Gasteiger partial charge in [0, 0.05) is 61.9 Å². The minimum atomic E-state index is 0.615. The van der Waals surface area contributed by atoms with E-state index in [1.807, 2.05) is 13.8 Å². The van der Waals surface area contributed by atoms with Crippen LogP contribution in [0.2, 0.25) is 0 Å². The van der Waals surface area contributed by atoms with Crippen molar-refractivity contribution in [3.8, 4) is 0 Å². The maximum absolute atomic E-state index is 5.32. The molecule has 2 aromatic heterocycles. The molecule has 0 aromatic carbocycles. The highest BCUT2D eigenvalue weighted by Crippen LogP contribution is 2.41. The Bertz CT molecular complexity index is 796. The highest BCUT2D eigenvalue weighted by Gasteiger charge is 2.31. The van der Waals surface area contributed by atoms with Crippen molar-refractivity contribution < 1.29 is 4.52 Å². The van der Waals surface area contributed by atoms with Crippen molar-refractivity contribution in [2.45, 2.75) is 64.3 Å². The molecule has 5 rings (SSSR count). The van der Waals surface area contributed by atoms with Crippen LogP contribution in [0.15, 0.2) is 10.6 Å². The van der Waals surface area contributed by atoms with E-state index >= 15 is 0 Å². The third-order valence-corrected chi connectivity index (χ3v) is 6.47. The van der Waals surface area contributed by atoms with Gasteiger partial charge in [-0.25, -0.2) is 9.97 Å². The summed E-state index contributed by atoms with van der Waals surface area (Å²) in [5.41, 5.74) is 3.56. The SMILES string of the molecule is Cc1noc(C)c1CN1CCN(c2cc(C3CCC3)nc(C3CC3)n2)CC1. The number of aromatic nitrogens is 3. The van der Waals surface area contributed by atoms with Gasteiger partial charge in [-0.05, 0) is 39.5 Å². The molecular formula is C21H29N5O. The molecule has 0 amide bonds. The van der Waals surface area contributed by atoms with Crippen LogP contribution in [-0.4, -0.2) is 46.2 Å². The van der Waals surface area contributed by atoms with Crippen molar-refractivity contribution in [3.05, 3.63) is 34.6 Å². The summed E-state index contributed by atoms with van der Waals surface area (Å²) in [4.78, 5) is 14.8. The first-order valence-electron chi connectivity index (χ1n) is 10.5. The van der Waals surface area contributed by atoms with Crippen LogP contribution in [0, 0.1) is 13.8 Å². The predicted octanol–water partition coefficient (Wildman–Crippen LogP) is 3.55. The number of rotatable bonds is 5. The van der Waals surface area contributed by atoms with Crippen molar-refractivity contribution in [1.82, 2.24) is 20.0 Å². The quantitative estimate of drug-likeness (QED) is 0.805. The van der Waals surface area contributed by atoms with Crippen molar-refractivity contribution in [1.29, 1.82) is 0 Å². The van der Waals surface area contributed by atoms with Crippen molar-refractivity contribution in [2.24, 2.45) is 0 Å². The van der Waals surface area contributed by atoms with Gasteiger partial charge < -0.3 is 9.42 Å². The smallest absolute Gasteiger partial charge is 0.138 e. The lowest BCUT2D eigenvalue weighted by Gasteiger charge is -2.36. The maximum Gasteiger partial charge on any atom is 0.138 e. The molecule has 27 heavy (non-hydrogen) atoms. The Morgan fingerprint density at radius 1 is 1.00 bits per heavy atom. The Labute approximate surface area is 161 Å². The van der Waals surface area contributed by atoms with Gasteiger partial charge in [-0.3, -0.25) is 4.90 Å². The highest BCUT2D eigenvalue weighted by molar-refractivity contribution is 5.42. The van der Waals surface area contributed by atoms with Crippen LogP contribution in [0.4, 0.5) is 5.82 Å². The summed E-state index contributed by atoms with van der Waals surface area (Å²) in [5, 5.41) is 4.09. The Kier molecular flexibility index (Phi) is 4.38. The number of piperazine rings is 1. The molecule has 2 aliphatic carbocycles. The van der Waals surface area contributed by atoms with E-state index in [1.165, 1.54) is 43.4 Å². The third-order valence-electron chi connectivity index (χ3n) is 6.47.